The molecule has 4 heteroatoms. The lowest BCUT2D eigenvalue weighted by molar-refractivity contribution is 0.0276. The number of nitrogens with zero attached hydrogens (tertiary/aromatic N) is 2. The van der Waals surface area contributed by atoms with E-state index in [9.17, 15) is 0 Å². The van der Waals surface area contributed by atoms with E-state index in [1.54, 1.807) is 0 Å². The first-order chi connectivity index (χ1) is 9.42. The molecule has 1 N–H and O–H groups in total. The van der Waals surface area contributed by atoms with E-state index in [-0.39, 0.29) is 6.10 Å². The number of rotatable bonds is 2. The maximum atomic E-state index is 5.81. The summed E-state index contributed by atoms with van der Waals surface area (Å²) in [5.74, 6) is 1.19. The lowest BCUT2D eigenvalue weighted by Gasteiger charge is -2.24. The summed E-state index contributed by atoms with van der Waals surface area (Å²) in [6.07, 6.45) is 3.59. The Morgan fingerprint density at radius 2 is 2.42 bits per heavy atom. The van der Waals surface area contributed by atoms with E-state index in [1.807, 2.05) is 0 Å². The topological polar surface area (TPSA) is 39.1 Å². The second-order valence-electron chi connectivity index (χ2n) is 5.47. The summed E-state index contributed by atoms with van der Waals surface area (Å²) in [4.78, 5) is 4.83. The number of ether oxygens (including phenoxy) is 1. The number of morpholine rings is 1. The highest BCUT2D eigenvalue weighted by molar-refractivity contribution is 5.80. The van der Waals surface area contributed by atoms with E-state index in [1.165, 1.54) is 29.7 Å². The van der Waals surface area contributed by atoms with E-state index >= 15 is 0 Å². The molecule has 2 aliphatic rings. The van der Waals surface area contributed by atoms with Gasteiger partial charge in [0.2, 0.25) is 0 Å². The molecule has 1 aromatic heterocycles. The van der Waals surface area contributed by atoms with Crippen molar-refractivity contribution in [2.24, 2.45) is 0 Å². The molecule has 1 fully saturated rings. The summed E-state index contributed by atoms with van der Waals surface area (Å²) in [6.45, 7) is 3.83. The Morgan fingerprint density at radius 1 is 1.42 bits per heavy atom. The van der Waals surface area contributed by atoms with Gasteiger partial charge in [0.1, 0.15) is 5.82 Å². The third-order valence-corrected chi connectivity index (χ3v) is 4.17. The van der Waals surface area contributed by atoms with Crippen LogP contribution in [0.3, 0.4) is 0 Å². The van der Waals surface area contributed by atoms with Crippen LogP contribution in [0.4, 0.5) is 0 Å². The molecule has 0 aliphatic carbocycles. The second-order valence-corrected chi connectivity index (χ2v) is 5.47. The number of hydrogen-bond acceptors (Lipinski definition) is 3. The van der Waals surface area contributed by atoms with Crippen LogP contribution >= 0.6 is 0 Å². The molecule has 100 valence electrons. The second kappa shape index (κ2) is 4.62. The van der Waals surface area contributed by atoms with Crippen LogP contribution in [0, 0.1) is 0 Å². The Morgan fingerprint density at radius 3 is 3.32 bits per heavy atom. The summed E-state index contributed by atoms with van der Waals surface area (Å²) >= 11 is 0. The number of hydrogen-bond donors (Lipinski definition) is 1. The predicted molar refractivity (Wildman–Crippen MR) is 74.4 cm³/mol. The smallest absolute Gasteiger partial charge is 0.112 e. The molecular formula is C15H19N3O. The molecule has 0 radical (unpaired) electrons. The fraction of sp³-hybridized carbons (Fsp3) is 0.533. The van der Waals surface area contributed by atoms with Gasteiger partial charge in [-0.25, -0.2) is 4.98 Å². The van der Waals surface area contributed by atoms with Crippen molar-refractivity contribution in [3.63, 3.8) is 0 Å². The molecule has 4 nitrogen and oxygen atoms in total. The van der Waals surface area contributed by atoms with Crippen LogP contribution < -0.4 is 5.32 Å². The van der Waals surface area contributed by atoms with Crippen molar-refractivity contribution in [1.82, 2.24) is 14.9 Å². The van der Waals surface area contributed by atoms with Crippen LogP contribution in [0.25, 0.3) is 11.0 Å². The number of nitrogens with one attached hydrogen (secondary N) is 1. The van der Waals surface area contributed by atoms with E-state index in [0.717, 1.165) is 38.2 Å². The van der Waals surface area contributed by atoms with Gasteiger partial charge in [-0.3, -0.25) is 0 Å². The minimum atomic E-state index is 0.271. The normalized spacial score (nSPS) is 22.8. The van der Waals surface area contributed by atoms with Crippen LogP contribution in [0.5, 0.6) is 0 Å². The molecule has 0 amide bonds. The molecule has 1 aromatic carbocycles. The van der Waals surface area contributed by atoms with Crippen molar-refractivity contribution in [1.29, 1.82) is 0 Å². The zero-order chi connectivity index (χ0) is 12.7. The zero-order valence-electron chi connectivity index (χ0n) is 11.1. The Bertz CT molecular complexity index is 599. The molecule has 0 spiro atoms. The fourth-order valence-corrected chi connectivity index (χ4v) is 3.29. The van der Waals surface area contributed by atoms with Gasteiger partial charge in [0, 0.05) is 26.1 Å². The lowest BCUT2D eigenvalue weighted by atomic mass is 10.0. The number of imidazole rings is 1. The maximum Gasteiger partial charge on any atom is 0.112 e. The molecular weight excluding hydrogens is 238 g/mol. The van der Waals surface area contributed by atoms with E-state index in [0.29, 0.717) is 0 Å². The summed E-state index contributed by atoms with van der Waals surface area (Å²) in [6, 6.07) is 6.50. The van der Waals surface area contributed by atoms with Crippen LogP contribution in [0.15, 0.2) is 18.2 Å². The van der Waals surface area contributed by atoms with Crippen LogP contribution in [0.2, 0.25) is 0 Å². The number of aryl methyl sites for hydroxylation is 2. The van der Waals surface area contributed by atoms with Crippen molar-refractivity contribution in [2.75, 3.05) is 19.7 Å². The fourth-order valence-electron chi connectivity index (χ4n) is 3.29. The van der Waals surface area contributed by atoms with Crippen molar-refractivity contribution in [3.05, 3.63) is 29.6 Å². The molecule has 1 saturated heterocycles. The minimum Gasteiger partial charge on any atom is -0.375 e. The molecule has 2 aliphatic heterocycles. The average Bonchev–Trinajstić information content (AvgIpc) is 2.81. The molecule has 0 bridgehead atoms. The number of aromatic nitrogens is 2. The van der Waals surface area contributed by atoms with Crippen molar-refractivity contribution < 1.29 is 4.74 Å². The first kappa shape index (κ1) is 11.4. The highest BCUT2D eigenvalue weighted by atomic mass is 16.5. The van der Waals surface area contributed by atoms with Gasteiger partial charge in [-0.2, -0.15) is 0 Å². The standard InChI is InChI=1S/C15H19N3O/c1-3-11-4-2-7-18-14(17-13(5-1)15(11)18)9-12-10-16-6-8-19-12/h1,3,5,12,16H,2,4,6-10H2. The summed E-state index contributed by atoms with van der Waals surface area (Å²) in [5.41, 5.74) is 3.95. The number of benzene rings is 1. The largest absolute Gasteiger partial charge is 0.375 e. The summed E-state index contributed by atoms with van der Waals surface area (Å²) in [5, 5.41) is 3.39. The average molecular weight is 257 g/mol. The van der Waals surface area contributed by atoms with E-state index in [2.05, 4.69) is 28.1 Å². The van der Waals surface area contributed by atoms with Gasteiger partial charge in [0.15, 0.2) is 0 Å². The predicted octanol–water partition coefficient (Wildman–Crippen LogP) is 1.51. The molecule has 0 saturated carbocycles. The molecule has 3 heterocycles. The Balaban J connectivity index is 1.72. The molecule has 19 heavy (non-hydrogen) atoms. The third-order valence-electron chi connectivity index (χ3n) is 4.17. The van der Waals surface area contributed by atoms with Gasteiger partial charge in [0.05, 0.1) is 23.7 Å². The highest BCUT2D eigenvalue weighted by Crippen LogP contribution is 2.27. The van der Waals surface area contributed by atoms with E-state index in [4.69, 9.17) is 9.72 Å². The quantitative estimate of drug-likeness (QED) is 0.886. The summed E-state index contributed by atoms with van der Waals surface area (Å²) in [7, 11) is 0. The van der Waals surface area contributed by atoms with Gasteiger partial charge in [-0.15, -0.1) is 0 Å². The maximum absolute atomic E-state index is 5.81. The van der Waals surface area contributed by atoms with Crippen LogP contribution in [-0.4, -0.2) is 35.4 Å². The molecule has 1 atom stereocenters. The third kappa shape index (κ3) is 1.95. The zero-order valence-corrected chi connectivity index (χ0v) is 11.1. The summed E-state index contributed by atoms with van der Waals surface area (Å²) < 4.78 is 8.22. The van der Waals surface area contributed by atoms with Crippen molar-refractivity contribution in [3.8, 4) is 0 Å². The van der Waals surface area contributed by atoms with E-state index < -0.39 is 0 Å². The molecule has 2 aromatic rings. The van der Waals surface area contributed by atoms with Crippen LogP contribution in [-0.2, 0) is 24.1 Å². The minimum absolute atomic E-state index is 0.271. The van der Waals surface area contributed by atoms with Gasteiger partial charge in [-0.1, -0.05) is 12.1 Å². The highest BCUT2D eigenvalue weighted by Gasteiger charge is 2.21. The van der Waals surface area contributed by atoms with Gasteiger partial charge >= 0.3 is 0 Å². The van der Waals surface area contributed by atoms with Gasteiger partial charge < -0.3 is 14.6 Å². The van der Waals surface area contributed by atoms with Crippen molar-refractivity contribution >= 4 is 11.0 Å². The first-order valence-electron chi connectivity index (χ1n) is 7.21. The lowest BCUT2D eigenvalue weighted by Crippen LogP contribution is -2.40. The van der Waals surface area contributed by atoms with Crippen molar-refractivity contribution in [2.45, 2.75) is 31.9 Å². The Kier molecular flexibility index (Phi) is 2.78. The monoisotopic (exact) mass is 257 g/mol. The Labute approximate surface area is 112 Å². The molecule has 1 unspecified atom stereocenters. The SMILES string of the molecule is c1cc2c3c(c1)nc(CC1CNCCO1)n3CCC2. The van der Waals surface area contributed by atoms with Gasteiger partial charge in [0.25, 0.3) is 0 Å². The molecule has 4 rings (SSSR count). The van der Waals surface area contributed by atoms with Gasteiger partial charge in [-0.05, 0) is 24.5 Å². The number of para-hydroxylation sites is 1. The Hall–Kier alpha value is -1.39. The van der Waals surface area contributed by atoms with Crippen LogP contribution in [0.1, 0.15) is 17.8 Å². The first-order valence-corrected chi connectivity index (χ1v) is 7.21.